The second-order valence-corrected chi connectivity index (χ2v) is 5.87. The van der Waals surface area contributed by atoms with Gasteiger partial charge in [-0.1, -0.05) is 19.8 Å². The summed E-state index contributed by atoms with van der Waals surface area (Å²) in [6, 6.07) is 0. The minimum Gasteiger partial charge on any atom is -0.481 e. The van der Waals surface area contributed by atoms with E-state index in [9.17, 15) is 14.2 Å². The van der Waals surface area contributed by atoms with E-state index in [1.54, 1.807) is 0 Å². The first-order chi connectivity index (χ1) is 9.76. The van der Waals surface area contributed by atoms with Crippen molar-refractivity contribution in [1.82, 2.24) is 0 Å². The standard InChI is InChI=1S/C12H23O8P/c1-2-3-7-19-12(15)10(9-11(13)14)6-4-5-8-20-21(16,17)18/h10H,2-9H2,1H3,(H,13,14)(H2,16,17,18). The van der Waals surface area contributed by atoms with Crippen LogP contribution in [-0.2, 0) is 23.4 Å². The number of carbonyl (C=O) groups excluding carboxylic acids is 1. The monoisotopic (exact) mass is 326 g/mol. The van der Waals surface area contributed by atoms with Crippen molar-refractivity contribution < 1.29 is 38.3 Å². The van der Waals surface area contributed by atoms with E-state index in [-0.39, 0.29) is 26.1 Å². The van der Waals surface area contributed by atoms with Crippen molar-refractivity contribution in [2.45, 2.75) is 45.4 Å². The molecule has 8 nitrogen and oxygen atoms in total. The molecule has 0 aromatic heterocycles. The lowest BCUT2D eigenvalue weighted by Gasteiger charge is -2.14. The Morgan fingerprint density at radius 1 is 1.14 bits per heavy atom. The maximum atomic E-state index is 11.7. The van der Waals surface area contributed by atoms with Gasteiger partial charge in [-0.15, -0.1) is 0 Å². The summed E-state index contributed by atoms with van der Waals surface area (Å²) in [6.07, 6.45) is 2.30. The van der Waals surface area contributed by atoms with Crippen molar-refractivity contribution >= 4 is 19.8 Å². The van der Waals surface area contributed by atoms with Crippen LogP contribution in [0.2, 0.25) is 0 Å². The van der Waals surface area contributed by atoms with Crippen LogP contribution in [0.1, 0.15) is 45.4 Å². The van der Waals surface area contributed by atoms with Gasteiger partial charge in [-0.05, 0) is 19.3 Å². The largest absolute Gasteiger partial charge is 0.481 e. The van der Waals surface area contributed by atoms with Crippen molar-refractivity contribution in [2.24, 2.45) is 5.92 Å². The van der Waals surface area contributed by atoms with E-state index in [0.29, 0.717) is 12.8 Å². The third-order valence-corrected chi connectivity index (χ3v) is 3.22. The van der Waals surface area contributed by atoms with Crippen molar-refractivity contribution in [3.05, 3.63) is 0 Å². The number of carboxylic acid groups (broad SMARTS) is 1. The SMILES string of the molecule is CCCCOC(=O)C(CCCCOP(=O)(O)O)CC(=O)O. The quantitative estimate of drug-likeness (QED) is 0.280. The van der Waals surface area contributed by atoms with Gasteiger partial charge in [0.1, 0.15) is 0 Å². The van der Waals surface area contributed by atoms with Crippen LogP contribution in [0.5, 0.6) is 0 Å². The van der Waals surface area contributed by atoms with Gasteiger partial charge in [0.2, 0.25) is 0 Å². The number of hydrogen-bond acceptors (Lipinski definition) is 5. The molecule has 1 atom stereocenters. The second kappa shape index (κ2) is 10.7. The smallest absolute Gasteiger partial charge is 0.469 e. The molecule has 0 aromatic carbocycles. The van der Waals surface area contributed by atoms with Crippen molar-refractivity contribution in [1.29, 1.82) is 0 Å². The van der Waals surface area contributed by atoms with Gasteiger partial charge >= 0.3 is 19.8 Å². The van der Waals surface area contributed by atoms with E-state index < -0.39 is 25.7 Å². The Morgan fingerprint density at radius 2 is 1.81 bits per heavy atom. The zero-order valence-electron chi connectivity index (χ0n) is 12.1. The number of aliphatic carboxylic acids is 1. The Bertz CT molecular complexity index is 364. The summed E-state index contributed by atoms with van der Waals surface area (Å²) < 4.78 is 19.7. The van der Waals surface area contributed by atoms with Crippen LogP contribution in [0.3, 0.4) is 0 Å². The van der Waals surface area contributed by atoms with E-state index in [1.807, 2.05) is 6.92 Å². The molecule has 0 bridgehead atoms. The topological polar surface area (TPSA) is 130 Å². The molecule has 0 fully saturated rings. The lowest BCUT2D eigenvalue weighted by Crippen LogP contribution is -2.21. The minimum atomic E-state index is -4.48. The Hall–Kier alpha value is -0.950. The van der Waals surface area contributed by atoms with Gasteiger partial charge in [-0.25, -0.2) is 4.57 Å². The number of phosphoric acid groups is 1. The molecular formula is C12H23O8P. The number of rotatable bonds is 12. The van der Waals surface area contributed by atoms with E-state index >= 15 is 0 Å². The number of carboxylic acids is 1. The average Bonchev–Trinajstić information content (AvgIpc) is 2.35. The molecule has 0 aliphatic carbocycles. The summed E-state index contributed by atoms with van der Waals surface area (Å²) >= 11 is 0. The van der Waals surface area contributed by atoms with Gasteiger partial charge in [-0.3, -0.25) is 14.1 Å². The molecule has 0 aliphatic heterocycles. The maximum Gasteiger partial charge on any atom is 0.469 e. The van der Waals surface area contributed by atoms with Crippen LogP contribution in [0.25, 0.3) is 0 Å². The van der Waals surface area contributed by atoms with Gasteiger partial charge in [0.05, 0.1) is 25.6 Å². The first kappa shape index (κ1) is 20.1. The van der Waals surface area contributed by atoms with Crippen LogP contribution in [0.15, 0.2) is 0 Å². The van der Waals surface area contributed by atoms with Crippen molar-refractivity contribution in [2.75, 3.05) is 13.2 Å². The summed E-state index contributed by atoms with van der Waals surface area (Å²) in [5.41, 5.74) is 0. The van der Waals surface area contributed by atoms with Crippen LogP contribution in [0.4, 0.5) is 0 Å². The molecule has 3 N–H and O–H groups in total. The molecule has 0 aromatic rings. The van der Waals surface area contributed by atoms with Gasteiger partial charge in [-0.2, -0.15) is 0 Å². The highest BCUT2D eigenvalue weighted by Gasteiger charge is 2.23. The highest BCUT2D eigenvalue weighted by atomic mass is 31.2. The van der Waals surface area contributed by atoms with Gasteiger partial charge < -0.3 is 19.6 Å². The zero-order valence-corrected chi connectivity index (χ0v) is 13.0. The van der Waals surface area contributed by atoms with E-state index in [4.69, 9.17) is 19.6 Å². The summed E-state index contributed by atoms with van der Waals surface area (Å²) in [4.78, 5) is 39.4. The predicted octanol–water partition coefficient (Wildman–Crippen LogP) is 1.70. The number of unbranched alkanes of at least 4 members (excludes halogenated alkanes) is 2. The Balaban J connectivity index is 4.09. The molecule has 21 heavy (non-hydrogen) atoms. The van der Waals surface area contributed by atoms with Crippen LogP contribution >= 0.6 is 7.82 Å². The fourth-order valence-corrected chi connectivity index (χ4v) is 1.99. The molecule has 124 valence electrons. The fourth-order valence-electron chi connectivity index (χ4n) is 1.63. The molecule has 0 amide bonds. The Labute approximate surface area is 123 Å². The molecule has 1 unspecified atom stereocenters. The molecule has 9 heteroatoms. The Kier molecular flexibility index (Phi) is 10.2. The first-order valence-electron chi connectivity index (χ1n) is 6.84. The third kappa shape index (κ3) is 12.5. The van der Waals surface area contributed by atoms with Gasteiger partial charge in [0, 0.05) is 0 Å². The first-order valence-corrected chi connectivity index (χ1v) is 8.37. The number of ether oxygens (including phenoxy) is 1. The maximum absolute atomic E-state index is 11.7. The molecule has 0 radical (unpaired) electrons. The summed E-state index contributed by atoms with van der Waals surface area (Å²) in [5.74, 6) is -2.37. The predicted molar refractivity (Wildman–Crippen MR) is 73.5 cm³/mol. The number of esters is 1. The van der Waals surface area contributed by atoms with Crippen molar-refractivity contribution in [3.8, 4) is 0 Å². The highest BCUT2D eigenvalue weighted by Crippen LogP contribution is 2.35. The third-order valence-electron chi connectivity index (χ3n) is 2.70. The van der Waals surface area contributed by atoms with Gasteiger partial charge in [0.25, 0.3) is 0 Å². The van der Waals surface area contributed by atoms with E-state index in [0.717, 1.165) is 12.8 Å². The molecule has 0 heterocycles. The second-order valence-electron chi connectivity index (χ2n) is 4.64. The van der Waals surface area contributed by atoms with Crippen LogP contribution in [0, 0.1) is 5.92 Å². The molecule has 0 rings (SSSR count). The minimum absolute atomic E-state index is 0.144. The molecule has 0 aliphatic rings. The van der Waals surface area contributed by atoms with Crippen LogP contribution in [-0.4, -0.2) is 40.0 Å². The summed E-state index contributed by atoms with van der Waals surface area (Å²) in [7, 11) is -4.48. The number of carbonyl (C=O) groups is 2. The number of hydrogen-bond donors (Lipinski definition) is 3. The zero-order chi connectivity index (χ0) is 16.3. The van der Waals surface area contributed by atoms with Crippen molar-refractivity contribution in [3.63, 3.8) is 0 Å². The highest BCUT2D eigenvalue weighted by molar-refractivity contribution is 7.46. The van der Waals surface area contributed by atoms with E-state index in [2.05, 4.69) is 4.52 Å². The van der Waals surface area contributed by atoms with Crippen LogP contribution < -0.4 is 0 Å². The summed E-state index contributed by atoms with van der Waals surface area (Å²) in [5, 5.41) is 8.78. The lowest BCUT2D eigenvalue weighted by atomic mass is 9.98. The van der Waals surface area contributed by atoms with Gasteiger partial charge in [0.15, 0.2) is 0 Å². The number of phosphoric ester groups is 1. The summed E-state index contributed by atoms with van der Waals surface area (Å²) in [6.45, 7) is 2.07. The molecule has 0 spiro atoms. The normalized spacial score (nSPS) is 12.9. The fraction of sp³-hybridized carbons (Fsp3) is 0.833. The Morgan fingerprint density at radius 3 is 2.33 bits per heavy atom. The lowest BCUT2D eigenvalue weighted by molar-refractivity contribution is -0.153. The molecule has 0 saturated carbocycles. The molecular weight excluding hydrogens is 303 g/mol. The van der Waals surface area contributed by atoms with E-state index in [1.165, 1.54) is 0 Å². The molecule has 0 saturated heterocycles. The average molecular weight is 326 g/mol.